The minimum atomic E-state index is -1.60. The number of allylic oxidation sites excluding steroid dienone is 2. The maximum Gasteiger partial charge on any atom is 0.508 e. The van der Waals surface area contributed by atoms with Gasteiger partial charge in [-0.2, -0.15) is 0 Å². The Morgan fingerprint density at radius 2 is 1.69 bits per heavy atom. The molecule has 1 saturated heterocycles. The van der Waals surface area contributed by atoms with E-state index in [0.717, 1.165) is 38.4 Å². The van der Waals surface area contributed by atoms with Crippen molar-refractivity contribution >= 4 is 51.1 Å². The van der Waals surface area contributed by atoms with E-state index in [4.69, 9.17) is 28.3 Å². The van der Waals surface area contributed by atoms with E-state index in [1.54, 1.807) is 65.0 Å². The Morgan fingerprint density at radius 1 is 0.986 bits per heavy atom. The van der Waals surface area contributed by atoms with Gasteiger partial charge in [0.2, 0.25) is 11.2 Å². The van der Waals surface area contributed by atoms with Crippen LogP contribution in [-0.2, 0) is 19.0 Å². The minimum absolute atomic E-state index is 0.000511. The second kappa shape index (κ2) is 22.1. The van der Waals surface area contributed by atoms with Crippen LogP contribution in [-0.4, -0.2) is 142 Å². The lowest BCUT2D eigenvalue weighted by molar-refractivity contribution is -0.112. The smallest absolute Gasteiger partial charge is 0.507 e. The maximum atomic E-state index is 15.0. The number of ether oxygens (including phenoxy) is 4. The number of phenols is 1. The van der Waals surface area contributed by atoms with E-state index in [2.05, 4.69) is 29.0 Å². The van der Waals surface area contributed by atoms with E-state index in [1.807, 2.05) is 12.1 Å². The third-order valence-electron chi connectivity index (χ3n) is 14.6. The van der Waals surface area contributed by atoms with E-state index in [1.165, 1.54) is 27.0 Å². The largest absolute Gasteiger partial charge is 0.508 e. The molecule has 18 heteroatoms. The van der Waals surface area contributed by atoms with Crippen LogP contribution in [0.25, 0.3) is 33.3 Å². The van der Waals surface area contributed by atoms with Crippen molar-refractivity contribution in [3.8, 4) is 23.0 Å². The highest BCUT2D eigenvalue weighted by atomic mass is 16.7. The summed E-state index contributed by atoms with van der Waals surface area (Å²) in [7, 11) is 1.44. The molecule has 0 spiro atoms. The average Bonchev–Trinajstić information content (AvgIpc) is 3.62. The number of nitrogens with zero attached hydrogens (tertiary/aromatic N) is 3. The molecule has 1 aliphatic carbocycles. The third-order valence-corrected chi connectivity index (χ3v) is 14.6. The van der Waals surface area contributed by atoms with Crippen molar-refractivity contribution in [2.75, 3.05) is 63.3 Å². The predicted octanol–water partition coefficient (Wildman–Crippen LogP) is 6.13. The van der Waals surface area contributed by atoms with E-state index >= 15 is 4.79 Å². The number of nitrogens with one attached hydrogen (secondary N) is 1. The van der Waals surface area contributed by atoms with Crippen LogP contribution in [0.1, 0.15) is 77.7 Å². The molecule has 0 radical (unpaired) electrons. The first-order valence-corrected chi connectivity index (χ1v) is 24.8. The number of amides is 1. The molecule has 390 valence electrons. The van der Waals surface area contributed by atoms with Crippen LogP contribution in [0.3, 0.4) is 0 Å². The molecule has 7 rings (SSSR count). The standard InChI is InChI=1S/C54H70N4O14/c1-27(2)24-57-19-21-58(22-20-57)34-16-17-36-38(23-34)70-50-42(55-36)39-40-46(63)33(8)49-41(39)51(65)54(9,72-49)18-12-15-37(68-10)30(5)48(71-53(67)69-26-35(60)25-59)32(7)45(62)31(6)44(61)28(3)13-11-14-29(4)52(66)56-43(50)47(40)64/h11-17,23,27-28,30-32,35,37,44-45,48,59-63H,18-22,24-26H2,1-10H3,(H,56,66)/b13-11+,15-12+,29-14-/t28-,30+,31+,32+,35?,37-,44-,45+,48+,54+/m0/s1. The van der Waals surface area contributed by atoms with Crippen LogP contribution in [0, 0.1) is 36.5 Å². The number of aromatic nitrogens is 1. The highest BCUT2D eigenvalue weighted by Crippen LogP contribution is 2.51. The molecule has 0 aromatic heterocycles. The molecule has 4 bridgehead atoms. The number of Topliss-reactive ketones (excluding diaryl/α,β-unsaturated/α-hetero) is 1. The predicted molar refractivity (Wildman–Crippen MR) is 272 cm³/mol. The number of aliphatic hydroxyl groups is 4. The van der Waals surface area contributed by atoms with Crippen molar-refractivity contribution in [1.82, 2.24) is 9.88 Å². The molecule has 18 nitrogen and oxygen atoms in total. The lowest BCUT2D eigenvalue weighted by atomic mass is 9.78. The lowest BCUT2D eigenvalue weighted by Crippen LogP contribution is -2.47. The molecule has 0 saturated carbocycles. The van der Waals surface area contributed by atoms with Crippen molar-refractivity contribution in [2.45, 2.75) is 105 Å². The summed E-state index contributed by atoms with van der Waals surface area (Å²) in [5, 5.41) is 56.9. The Balaban J connectivity index is 1.37. The fraction of sp³-hybridized carbons (Fsp3) is 0.537. The van der Waals surface area contributed by atoms with Gasteiger partial charge in [0.05, 0.1) is 35.9 Å². The molecule has 2 aromatic carbocycles. The zero-order valence-electron chi connectivity index (χ0n) is 42.8. The second-order valence-electron chi connectivity index (χ2n) is 20.4. The summed E-state index contributed by atoms with van der Waals surface area (Å²) < 4.78 is 29.9. The molecule has 72 heavy (non-hydrogen) atoms. The zero-order chi connectivity index (χ0) is 52.5. The molecule has 6 N–H and O–H groups in total. The first-order valence-electron chi connectivity index (χ1n) is 24.8. The summed E-state index contributed by atoms with van der Waals surface area (Å²) in [5.74, 6) is -4.10. The molecule has 2 aromatic rings. The maximum absolute atomic E-state index is 15.0. The van der Waals surface area contributed by atoms with Gasteiger partial charge >= 0.3 is 6.16 Å². The van der Waals surface area contributed by atoms with E-state index in [0.29, 0.717) is 17.0 Å². The number of anilines is 2. The van der Waals surface area contributed by atoms with E-state index in [-0.39, 0.29) is 56.8 Å². The molecule has 10 atom stereocenters. The van der Waals surface area contributed by atoms with Gasteiger partial charge in [-0.3, -0.25) is 19.3 Å². The zero-order valence-corrected chi connectivity index (χ0v) is 42.8. The number of piperazine rings is 1. The highest BCUT2D eigenvalue weighted by molar-refractivity contribution is 6.22. The SMILES string of the molecule is CO[C@H]1/C=C/C[C@@]2(C)Oc3c(C)c(O)c4c(=O)c(c5oc6cc(N7CCN(CC(C)C)CC7)ccc6nc-5c4c3C2=O)NC(=O)/C(C)=C\C=C\[C@H](C)[C@H](O)[C@@H](C)[C@@H](O)[C@@H](C)[C@H](OC(=O)OCC(O)CO)[C@@H]1C. The van der Waals surface area contributed by atoms with Crippen LogP contribution in [0.5, 0.6) is 11.5 Å². The number of aliphatic hydroxyl groups excluding tert-OH is 4. The average molecular weight is 999 g/mol. The number of carbonyl (C=O) groups is 3. The lowest BCUT2D eigenvalue weighted by Gasteiger charge is -2.38. The summed E-state index contributed by atoms with van der Waals surface area (Å²) in [5.41, 5.74) is -0.774. The fourth-order valence-electron chi connectivity index (χ4n) is 10.2. The monoisotopic (exact) mass is 998 g/mol. The van der Waals surface area contributed by atoms with Crippen molar-refractivity contribution < 1.29 is 63.3 Å². The summed E-state index contributed by atoms with van der Waals surface area (Å²) in [6.07, 6.45) is 1.17. The number of aromatic hydroxyl groups is 1. The molecule has 5 aliphatic rings. The highest BCUT2D eigenvalue weighted by Gasteiger charge is 2.48. The molecule has 4 aliphatic heterocycles. The number of fused-ring (bicyclic) bond motifs is 2. The van der Waals surface area contributed by atoms with Gasteiger partial charge in [0.25, 0.3) is 5.91 Å². The van der Waals surface area contributed by atoms with Crippen molar-refractivity contribution in [3.63, 3.8) is 0 Å². The summed E-state index contributed by atoms with van der Waals surface area (Å²) in [6, 6.07) is 5.59. The Bertz CT molecular complexity index is 2800. The Kier molecular flexibility index (Phi) is 16.5. The Morgan fingerprint density at radius 3 is 2.36 bits per heavy atom. The summed E-state index contributed by atoms with van der Waals surface area (Å²) in [6.45, 7) is 18.9. The van der Waals surface area contributed by atoms with Gasteiger partial charge in [0.1, 0.15) is 47.2 Å². The van der Waals surface area contributed by atoms with Crippen LogP contribution in [0.4, 0.5) is 16.2 Å². The van der Waals surface area contributed by atoms with E-state index in [9.17, 15) is 39.9 Å². The van der Waals surface area contributed by atoms with Gasteiger partial charge in [0, 0.05) is 98.2 Å². The normalized spacial score (nSPS) is 29.0. The van der Waals surface area contributed by atoms with Gasteiger partial charge in [-0.05, 0) is 38.8 Å². The Labute approximate surface area is 419 Å². The Hall–Kier alpha value is -5.89. The number of benzene rings is 3. The molecule has 1 amide bonds. The number of methoxy groups -OCH3 is 1. The fourth-order valence-corrected chi connectivity index (χ4v) is 10.2. The van der Waals surface area contributed by atoms with Gasteiger partial charge in [0.15, 0.2) is 16.9 Å². The van der Waals surface area contributed by atoms with Gasteiger partial charge in [-0.1, -0.05) is 71.9 Å². The molecular formula is C54H70N4O14. The number of hydrogen-bond acceptors (Lipinski definition) is 17. The number of phenolic OH excluding ortho intramolecular Hbond substituents is 1. The number of rotatable bonds is 8. The molecular weight excluding hydrogens is 929 g/mol. The van der Waals surface area contributed by atoms with Crippen molar-refractivity contribution in [1.29, 1.82) is 0 Å². The second-order valence-corrected chi connectivity index (χ2v) is 20.4. The van der Waals surface area contributed by atoms with Crippen LogP contribution < -0.4 is 20.4 Å². The number of hydrogen-bond donors (Lipinski definition) is 6. The third kappa shape index (κ3) is 10.8. The van der Waals surface area contributed by atoms with Crippen LogP contribution in [0.15, 0.2) is 63.4 Å². The summed E-state index contributed by atoms with van der Waals surface area (Å²) in [4.78, 5) is 66.8. The molecule has 1 unspecified atom stereocenters. The topological polar surface area (TPSA) is 251 Å². The molecule has 1 fully saturated rings. The van der Waals surface area contributed by atoms with Gasteiger partial charge in [-0.25, -0.2) is 9.78 Å². The minimum Gasteiger partial charge on any atom is -0.507 e. The van der Waals surface area contributed by atoms with Crippen LogP contribution in [0.2, 0.25) is 0 Å². The van der Waals surface area contributed by atoms with E-state index < -0.39 is 102 Å². The van der Waals surface area contributed by atoms with Crippen molar-refractivity contribution in [2.24, 2.45) is 29.6 Å². The first kappa shape index (κ1) is 53.9. The van der Waals surface area contributed by atoms with Gasteiger partial charge in [-0.15, -0.1) is 0 Å². The molecule has 4 heterocycles. The number of ketones is 1. The quantitative estimate of drug-likeness (QED) is 0.0503. The first-order chi connectivity index (χ1) is 34.1. The van der Waals surface area contributed by atoms with Crippen molar-refractivity contribution in [3.05, 3.63) is 75.5 Å². The number of carbonyl (C=O) groups excluding carboxylic acids is 3. The van der Waals surface area contributed by atoms with Gasteiger partial charge < -0.3 is 59.1 Å². The summed E-state index contributed by atoms with van der Waals surface area (Å²) >= 11 is 0. The van der Waals surface area contributed by atoms with Crippen LogP contribution >= 0.6 is 0 Å².